The third kappa shape index (κ3) is 46.4. The zero-order valence-corrected chi connectivity index (χ0v) is 41.3. The van der Waals surface area contributed by atoms with E-state index >= 15 is 0 Å². The Kier molecular flexibility index (Phi) is 44.4. The predicted molar refractivity (Wildman–Crippen MR) is 272 cm³/mol. The molecule has 0 saturated carbocycles. The Morgan fingerprint density at radius 2 is 0.909 bits per heavy atom. The van der Waals surface area contributed by atoms with Gasteiger partial charge in [-0.05, 0) is 89.9 Å². The Labute approximate surface area is 398 Å². The first-order valence-electron chi connectivity index (χ1n) is 24.6. The number of carbonyl (C=O) groups excluding carboxylic acids is 2. The lowest BCUT2D eigenvalue weighted by Gasteiger charge is -2.18. The Hall–Kier alpha value is -4.12. The number of allylic oxidation sites excluding steroid dienone is 19. The van der Waals surface area contributed by atoms with Crippen LogP contribution in [0.15, 0.2) is 122 Å². The van der Waals surface area contributed by atoms with Gasteiger partial charge in [0.2, 0.25) is 5.91 Å². The van der Waals surface area contributed by atoms with Crippen molar-refractivity contribution in [1.82, 2.24) is 5.32 Å². The number of aliphatic carboxylic acids is 1. The molecule has 66 heavy (non-hydrogen) atoms. The second-order valence-corrected chi connectivity index (χ2v) is 17.4. The SMILES string of the molecule is CC/C=C\C/C=C\C/C=C\C/C=C\C/C=C\C/C=C\C/C=C\CC(=O)NC(COP(=O)(O)OCC(O)COC(=O)CCCCCCCCCC/C=C\C/C=C\C/C=C\CCCCC)C(=O)O. The molecule has 0 aromatic heterocycles. The smallest absolute Gasteiger partial charge is 0.472 e. The molecule has 4 N–H and O–H groups in total. The maximum atomic E-state index is 12.3. The largest absolute Gasteiger partial charge is 0.480 e. The van der Waals surface area contributed by atoms with Crippen molar-refractivity contribution in [3.63, 3.8) is 0 Å². The minimum absolute atomic E-state index is 0.0971. The van der Waals surface area contributed by atoms with Gasteiger partial charge in [-0.25, -0.2) is 9.36 Å². The standard InChI is InChI=1S/C54H86NO10P/c1-3-5-7-9-11-13-15-17-19-21-23-25-27-29-31-33-35-37-39-41-43-45-52(57)55-51(54(59)60)49-65-66(61,62)64-48-50(56)47-63-53(58)46-44-42-40-38-36-34-32-30-28-26-24-22-20-18-16-14-12-10-8-6-4-2/h5,7,11-14,17-20,23-26,29,31,35,37,41,43,50-51,56H,3-4,6,8-10,15-16,21-22,27-28,30,32-34,36,38-40,42,44-49H2,1-2H3,(H,55,57)(H,59,60)(H,61,62)/b7-5-,13-11-,14-12-,19-17-,20-18-,25-23-,26-24-,31-29-,37-35-,43-41-. The number of hydrogen-bond donors (Lipinski definition) is 4. The molecule has 0 heterocycles. The van der Waals surface area contributed by atoms with Crippen molar-refractivity contribution in [2.24, 2.45) is 0 Å². The Balaban J connectivity index is 4.01. The van der Waals surface area contributed by atoms with Crippen LogP contribution in [-0.2, 0) is 32.7 Å². The van der Waals surface area contributed by atoms with Crippen molar-refractivity contribution < 1.29 is 47.8 Å². The number of unbranched alkanes of at least 4 members (excludes halogenated alkanes) is 11. The molecule has 0 fully saturated rings. The summed E-state index contributed by atoms with van der Waals surface area (Å²) in [7, 11) is -4.80. The number of hydrogen-bond acceptors (Lipinski definition) is 8. The van der Waals surface area contributed by atoms with Gasteiger partial charge in [0.1, 0.15) is 12.7 Å². The van der Waals surface area contributed by atoms with Crippen LogP contribution in [-0.4, -0.2) is 64.9 Å². The highest BCUT2D eigenvalue weighted by atomic mass is 31.2. The fourth-order valence-electron chi connectivity index (χ4n) is 5.99. The van der Waals surface area contributed by atoms with E-state index in [2.05, 4.69) is 116 Å². The summed E-state index contributed by atoms with van der Waals surface area (Å²) in [6.07, 6.45) is 63.9. The third-order valence-electron chi connectivity index (χ3n) is 9.76. The van der Waals surface area contributed by atoms with Crippen molar-refractivity contribution in [1.29, 1.82) is 0 Å². The average Bonchev–Trinajstić information content (AvgIpc) is 3.29. The molecule has 0 aromatic rings. The summed E-state index contributed by atoms with van der Waals surface area (Å²) in [5.74, 6) is -2.57. The highest BCUT2D eigenvalue weighted by Crippen LogP contribution is 2.43. The maximum absolute atomic E-state index is 12.3. The zero-order chi connectivity index (χ0) is 48.4. The molecular weight excluding hydrogens is 854 g/mol. The van der Waals surface area contributed by atoms with Crippen LogP contribution >= 0.6 is 7.82 Å². The summed E-state index contributed by atoms with van der Waals surface area (Å²) in [6, 6.07) is -1.61. The summed E-state index contributed by atoms with van der Waals surface area (Å²) in [4.78, 5) is 46.0. The molecule has 0 bridgehead atoms. The van der Waals surface area contributed by atoms with E-state index in [9.17, 15) is 34.1 Å². The van der Waals surface area contributed by atoms with Gasteiger partial charge in [-0.15, -0.1) is 0 Å². The van der Waals surface area contributed by atoms with Gasteiger partial charge in [0.05, 0.1) is 13.2 Å². The van der Waals surface area contributed by atoms with Gasteiger partial charge >= 0.3 is 19.8 Å². The lowest BCUT2D eigenvalue weighted by atomic mass is 10.1. The van der Waals surface area contributed by atoms with E-state index in [0.717, 1.165) is 77.0 Å². The van der Waals surface area contributed by atoms with Gasteiger partial charge in [-0.3, -0.25) is 18.6 Å². The minimum Gasteiger partial charge on any atom is -0.480 e. The van der Waals surface area contributed by atoms with Gasteiger partial charge in [-0.1, -0.05) is 187 Å². The van der Waals surface area contributed by atoms with E-state index in [-0.39, 0.29) is 12.8 Å². The van der Waals surface area contributed by atoms with Gasteiger partial charge in [-0.2, -0.15) is 0 Å². The van der Waals surface area contributed by atoms with Crippen molar-refractivity contribution in [3.8, 4) is 0 Å². The van der Waals surface area contributed by atoms with Crippen molar-refractivity contribution in [2.75, 3.05) is 19.8 Å². The maximum Gasteiger partial charge on any atom is 0.472 e. The number of nitrogens with one attached hydrogen (secondary N) is 1. The zero-order valence-electron chi connectivity index (χ0n) is 40.4. The molecule has 0 aliphatic heterocycles. The van der Waals surface area contributed by atoms with Crippen molar-refractivity contribution >= 4 is 25.7 Å². The Morgan fingerprint density at radius 1 is 0.515 bits per heavy atom. The normalized spacial score (nSPS) is 14.6. The molecule has 0 aliphatic rings. The van der Waals surface area contributed by atoms with E-state index in [1.807, 2.05) is 12.2 Å². The van der Waals surface area contributed by atoms with Crippen LogP contribution in [0.5, 0.6) is 0 Å². The lowest BCUT2D eigenvalue weighted by molar-refractivity contribution is -0.147. The number of aliphatic hydroxyl groups is 1. The van der Waals surface area contributed by atoms with E-state index in [1.165, 1.54) is 51.4 Å². The fraction of sp³-hybridized carbons (Fsp3) is 0.574. The highest BCUT2D eigenvalue weighted by Gasteiger charge is 2.28. The molecule has 1 amide bonds. The van der Waals surface area contributed by atoms with Crippen LogP contribution in [0.2, 0.25) is 0 Å². The van der Waals surface area contributed by atoms with Gasteiger partial charge in [0, 0.05) is 12.8 Å². The fourth-order valence-corrected chi connectivity index (χ4v) is 6.76. The number of rotatable bonds is 44. The van der Waals surface area contributed by atoms with E-state index in [4.69, 9.17) is 13.8 Å². The highest BCUT2D eigenvalue weighted by molar-refractivity contribution is 7.47. The number of carboxylic acids is 1. The second kappa shape index (κ2) is 47.4. The molecule has 12 heteroatoms. The Bertz CT molecular complexity index is 1570. The summed E-state index contributed by atoms with van der Waals surface area (Å²) < 4.78 is 26.9. The third-order valence-corrected chi connectivity index (χ3v) is 10.7. The topological polar surface area (TPSA) is 169 Å². The van der Waals surface area contributed by atoms with Crippen molar-refractivity contribution in [2.45, 2.75) is 180 Å². The molecule has 0 rings (SSSR count). The van der Waals surface area contributed by atoms with Crippen LogP contribution in [0.1, 0.15) is 168 Å². The van der Waals surface area contributed by atoms with E-state index in [0.29, 0.717) is 12.8 Å². The Morgan fingerprint density at radius 3 is 1.36 bits per heavy atom. The first-order chi connectivity index (χ1) is 32.1. The summed E-state index contributed by atoms with van der Waals surface area (Å²) in [6.45, 7) is 2.37. The van der Waals surface area contributed by atoms with Crippen LogP contribution in [0, 0.1) is 0 Å². The molecule has 3 unspecified atom stereocenters. The second-order valence-electron chi connectivity index (χ2n) is 15.9. The number of ether oxygens (including phenoxy) is 1. The van der Waals surface area contributed by atoms with Crippen LogP contribution < -0.4 is 5.32 Å². The van der Waals surface area contributed by atoms with E-state index < -0.39 is 57.6 Å². The summed E-state index contributed by atoms with van der Waals surface area (Å²) in [5.41, 5.74) is 0. The van der Waals surface area contributed by atoms with Crippen molar-refractivity contribution in [3.05, 3.63) is 122 Å². The molecule has 0 radical (unpaired) electrons. The lowest BCUT2D eigenvalue weighted by Crippen LogP contribution is -2.43. The summed E-state index contributed by atoms with van der Waals surface area (Å²) in [5, 5.41) is 21.8. The van der Waals surface area contributed by atoms with E-state index in [1.54, 1.807) is 12.2 Å². The monoisotopic (exact) mass is 940 g/mol. The molecule has 372 valence electrons. The predicted octanol–water partition coefficient (Wildman–Crippen LogP) is 13.6. The quantitative estimate of drug-likeness (QED) is 0.0200. The van der Waals surface area contributed by atoms with Crippen LogP contribution in [0.25, 0.3) is 0 Å². The molecule has 0 aromatic carbocycles. The number of carbonyl (C=O) groups is 3. The minimum atomic E-state index is -4.80. The summed E-state index contributed by atoms with van der Waals surface area (Å²) >= 11 is 0. The molecule has 0 spiro atoms. The number of aliphatic hydroxyl groups excluding tert-OH is 1. The molecular formula is C54H86NO10P. The number of phosphoric acid groups is 1. The number of esters is 1. The van der Waals surface area contributed by atoms with Gasteiger partial charge in [0.25, 0.3) is 0 Å². The first-order valence-corrected chi connectivity index (χ1v) is 26.1. The number of amides is 1. The van der Waals surface area contributed by atoms with Gasteiger partial charge < -0.3 is 25.2 Å². The molecule has 0 aliphatic carbocycles. The first kappa shape index (κ1) is 61.9. The number of phosphoric ester groups is 1. The molecule has 3 atom stereocenters. The average molecular weight is 940 g/mol. The molecule has 11 nitrogen and oxygen atoms in total. The van der Waals surface area contributed by atoms with Gasteiger partial charge in [0.15, 0.2) is 6.04 Å². The van der Waals surface area contributed by atoms with Crippen LogP contribution in [0.4, 0.5) is 0 Å². The van der Waals surface area contributed by atoms with Crippen LogP contribution in [0.3, 0.4) is 0 Å². The number of carboxylic acid groups (broad SMARTS) is 1. The molecule has 0 saturated heterocycles.